The van der Waals surface area contributed by atoms with Crippen LogP contribution in [0, 0.1) is 0 Å². The molecular formula is C11H11N3O. The molecule has 2 N–H and O–H groups in total. The number of nitrogens with zero attached hydrogens (tertiary/aromatic N) is 1. The van der Waals surface area contributed by atoms with Gasteiger partial charge in [-0.1, -0.05) is 6.07 Å². The van der Waals surface area contributed by atoms with Gasteiger partial charge in [-0.2, -0.15) is 0 Å². The molecule has 0 bridgehead atoms. The summed E-state index contributed by atoms with van der Waals surface area (Å²) in [7, 11) is 0. The summed E-state index contributed by atoms with van der Waals surface area (Å²) in [6.07, 6.45) is 5.08. The Hall–Kier alpha value is -2.10. The summed E-state index contributed by atoms with van der Waals surface area (Å²) in [6.45, 7) is 0.449. The van der Waals surface area contributed by atoms with Crippen molar-refractivity contribution in [1.82, 2.24) is 15.3 Å². The SMILES string of the molecule is O=C(NCc1ccccn1)c1cc[nH]c1. The zero-order chi connectivity index (χ0) is 10.5. The van der Waals surface area contributed by atoms with E-state index in [0.717, 1.165) is 5.69 Å². The molecule has 0 saturated heterocycles. The van der Waals surface area contributed by atoms with Crippen molar-refractivity contribution in [3.05, 3.63) is 54.1 Å². The fraction of sp³-hybridized carbons (Fsp3) is 0.0909. The third-order valence-corrected chi connectivity index (χ3v) is 2.02. The highest BCUT2D eigenvalue weighted by atomic mass is 16.1. The lowest BCUT2D eigenvalue weighted by Crippen LogP contribution is -2.22. The number of carbonyl (C=O) groups excluding carboxylic acids is 1. The summed E-state index contributed by atoms with van der Waals surface area (Å²) in [6, 6.07) is 7.34. The second-order valence-electron chi connectivity index (χ2n) is 3.10. The van der Waals surface area contributed by atoms with E-state index in [2.05, 4.69) is 15.3 Å². The maximum atomic E-state index is 11.5. The molecule has 0 aliphatic heterocycles. The highest BCUT2D eigenvalue weighted by molar-refractivity contribution is 5.93. The third-order valence-electron chi connectivity index (χ3n) is 2.02. The van der Waals surface area contributed by atoms with Gasteiger partial charge in [0.1, 0.15) is 0 Å². The van der Waals surface area contributed by atoms with Crippen molar-refractivity contribution >= 4 is 5.91 Å². The average Bonchev–Trinajstić information content (AvgIpc) is 2.81. The van der Waals surface area contributed by atoms with Crippen LogP contribution in [0.3, 0.4) is 0 Å². The average molecular weight is 201 g/mol. The minimum Gasteiger partial charge on any atom is -0.367 e. The minimum atomic E-state index is -0.0955. The lowest BCUT2D eigenvalue weighted by Gasteiger charge is -2.02. The van der Waals surface area contributed by atoms with E-state index in [1.54, 1.807) is 24.7 Å². The van der Waals surface area contributed by atoms with Gasteiger partial charge in [-0.3, -0.25) is 9.78 Å². The van der Waals surface area contributed by atoms with Gasteiger partial charge in [0.15, 0.2) is 0 Å². The van der Waals surface area contributed by atoms with Crippen molar-refractivity contribution in [1.29, 1.82) is 0 Å². The van der Waals surface area contributed by atoms with Crippen molar-refractivity contribution < 1.29 is 4.79 Å². The maximum Gasteiger partial charge on any atom is 0.253 e. The largest absolute Gasteiger partial charge is 0.367 e. The van der Waals surface area contributed by atoms with Crippen LogP contribution in [0.2, 0.25) is 0 Å². The Labute approximate surface area is 87.4 Å². The summed E-state index contributed by atoms with van der Waals surface area (Å²) < 4.78 is 0. The van der Waals surface area contributed by atoms with Crippen molar-refractivity contribution in [3.63, 3.8) is 0 Å². The van der Waals surface area contributed by atoms with Crippen molar-refractivity contribution in [3.8, 4) is 0 Å². The molecule has 1 amide bonds. The van der Waals surface area contributed by atoms with Crippen LogP contribution in [0.4, 0.5) is 0 Å². The van der Waals surface area contributed by atoms with E-state index in [1.165, 1.54) is 0 Å². The molecule has 0 saturated carbocycles. The van der Waals surface area contributed by atoms with E-state index in [4.69, 9.17) is 0 Å². The number of hydrogen-bond donors (Lipinski definition) is 2. The van der Waals surface area contributed by atoms with E-state index in [9.17, 15) is 4.79 Å². The Morgan fingerprint density at radius 1 is 1.40 bits per heavy atom. The number of aromatic nitrogens is 2. The minimum absolute atomic E-state index is 0.0955. The number of amides is 1. The topological polar surface area (TPSA) is 57.8 Å². The molecule has 76 valence electrons. The molecule has 2 aromatic rings. The van der Waals surface area contributed by atoms with Gasteiger partial charge in [0.2, 0.25) is 0 Å². The first-order valence-corrected chi connectivity index (χ1v) is 4.67. The van der Waals surface area contributed by atoms with Crippen LogP contribution in [-0.2, 0) is 6.54 Å². The van der Waals surface area contributed by atoms with Crippen LogP contribution in [0.5, 0.6) is 0 Å². The van der Waals surface area contributed by atoms with Crippen LogP contribution in [0.1, 0.15) is 16.1 Å². The van der Waals surface area contributed by atoms with Gasteiger partial charge in [-0.05, 0) is 18.2 Å². The summed E-state index contributed by atoms with van der Waals surface area (Å²) in [4.78, 5) is 18.5. The van der Waals surface area contributed by atoms with Gasteiger partial charge < -0.3 is 10.3 Å². The first-order valence-electron chi connectivity index (χ1n) is 4.67. The van der Waals surface area contributed by atoms with Gasteiger partial charge in [-0.25, -0.2) is 0 Å². The maximum absolute atomic E-state index is 11.5. The van der Waals surface area contributed by atoms with Crippen LogP contribution in [-0.4, -0.2) is 15.9 Å². The summed E-state index contributed by atoms with van der Waals surface area (Å²) in [5.41, 5.74) is 1.48. The van der Waals surface area contributed by atoms with Crippen LogP contribution >= 0.6 is 0 Å². The molecule has 2 aromatic heterocycles. The van der Waals surface area contributed by atoms with Gasteiger partial charge in [0, 0.05) is 18.6 Å². The van der Waals surface area contributed by atoms with E-state index in [0.29, 0.717) is 12.1 Å². The molecule has 2 rings (SSSR count). The number of H-pyrrole nitrogens is 1. The van der Waals surface area contributed by atoms with Gasteiger partial charge in [0.25, 0.3) is 5.91 Å². The number of rotatable bonds is 3. The van der Waals surface area contributed by atoms with E-state index >= 15 is 0 Å². The number of carbonyl (C=O) groups is 1. The molecule has 0 spiro atoms. The monoisotopic (exact) mass is 201 g/mol. The molecular weight excluding hydrogens is 190 g/mol. The molecule has 0 radical (unpaired) electrons. The molecule has 0 aliphatic carbocycles. The smallest absolute Gasteiger partial charge is 0.253 e. The molecule has 0 atom stereocenters. The van der Waals surface area contributed by atoms with E-state index in [-0.39, 0.29) is 5.91 Å². The highest BCUT2D eigenvalue weighted by Crippen LogP contribution is 1.97. The van der Waals surface area contributed by atoms with E-state index < -0.39 is 0 Å². The van der Waals surface area contributed by atoms with Crippen molar-refractivity contribution in [2.24, 2.45) is 0 Å². The molecule has 0 fully saturated rings. The molecule has 0 unspecified atom stereocenters. The zero-order valence-electron chi connectivity index (χ0n) is 8.10. The molecule has 15 heavy (non-hydrogen) atoms. The molecule has 4 nitrogen and oxygen atoms in total. The van der Waals surface area contributed by atoms with Gasteiger partial charge in [-0.15, -0.1) is 0 Å². The van der Waals surface area contributed by atoms with Gasteiger partial charge >= 0.3 is 0 Å². The normalized spacial score (nSPS) is 9.87. The number of pyridine rings is 1. The Balaban J connectivity index is 1.92. The number of aromatic amines is 1. The molecule has 2 heterocycles. The number of hydrogen-bond acceptors (Lipinski definition) is 2. The Morgan fingerprint density at radius 2 is 2.33 bits per heavy atom. The lowest BCUT2D eigenvalue weighted by atomic mass is 10.3. The molecule has 0 aliphatic rings. The molecule has 4 heteroatoms. The summed E-state index contributed by atoms with van der Waals surface area (Å²) in [5, 5.41) is 2.78. The fourth-order valence-electron chi connectivity index (χ4n) is 1.24. The van der Waals surface area contributed by atoms with Crippen LogP contribution in [0.25, 0.3) is 0 Å². The van der Waals surface area contributed by atoms with Gasteiger partial charge in [0.05, 0.1) is 17.8 Å². The van der Waals surface area contributed by atoms with Crippen LogP contribution < -0.4 is 5.32 Å². The standard InChI is InChI=1S/C11H11N3O/c15-11(9-4-6-12-7-9)14-8-10-3-1-2-5-13-10/h1-7,12H,8H2,(H,14,15). The van der Waals surface area contributed by atoms with Crippen molar-refractivity contribution in [2.45, 2.75) is 6.54 Å². The first kappa shape index (κ1) is 9.45. The predicted molar refractivity (Wildman–Crippen MR) is 56.2 cm³/mol. The highest BCUT2D eigenvalue weighted by Gasteiger charge is 2.04. The lowest BCUT2D eigenvalue weighted by molar-refractivity contribution is 0.0950. The third kappa shape index (κ3) is 2.43. The Kier molecular flexibility index (Phi) is 2.78. The summed E-state index contributed by atoms with van der Waals surface area (Å²) >= 11 is 0. The van der Waals surface area contributed by atoms with Crippen LogP contribution in [0.15, 0.2) is 42.9 Å². The predicted octanol–water partition coefficient (Wildman–Crippen LogP) is 1.34. The Morgan fingerprint density at radius 3 is 3.00 bits per heavy atom. The second kappa shape index (κ2) is 4.41. The Bertz CT molecular complexity index is 422. The first-order chi connectivity index (χ1) is 7.36. The number of nitrogens with one attached hydrogen (secondary N) is 2. The summed E-state index contributed by atoms with van der Waals surface area (Å²) in [5.74, 6) is -0.0955. The van der Waals surface area contributed by atoms with Crippen molar-refractivity contribution in [2.75, 3.05) is 0 Å². The fourth-order valence-corrected chi connectivity index (χ4v) is 1.24. The second-order valence-corrected chi connectivity index (χ2v) is 3.10. The zero-order valence-corrected chi connectivity index (χ0v) is 8.10. The molecule has 0 aromatic carbocycles. The quantitative estimate of drug-likeness (QED) is 0.787. The van der Waals surface area contributed by atoms with E-state index in [1.807, 2.05) is 18.2 Å².